The molecule has 0 amide bonds. The molecule has 0 radical (unpaired) electrons. The molecule has 0 bridgehead atoms. The standard InChI is InChI=1S/C20H28O3/c1-6-12-9-14(21)17-13(11(12)2)7-8-16-19(3,4)18(23)15(22)10-20(16,17)5/h6,9,11,13,15-17,22H,1,7-8,10H2,2-5H3/t11?,13-,15-,16?,17?,20-/m0/s1. The normalized spacial score (nSPS) is 45.8. The van der Waals surface area contributed by atoms with E-state index in [-0.39, 0.29) is 34.7 Å². The number of allylic oxidation sites excluding steroid dienone is 3. The number of fused-ring (bicyclic) bond motifs is 3. The van der Waals surface area contributed by atoms with Crippen LogP contribution in [0.5, 0.6) is 0 Å². The first-order chi connectivity index (χ1) is 10.6. The average Bonchev–Trinajstić information content (AvgIpc) is 2.47. The van der Waals surface area contributed by atoms with E-state index in [2.05, 4.69) is 20.4 Å². The molecule has 1 N–H and O–H groups in total. The molecule has 0 aromatic heterocycles. The Balaban J connectivity index is 2.08. The van der Waals surface area contributed by atoms with Crippen LogP contribution in [0.2, 0.25) is 0 Å². The number of carbonyl (C=O) groups excluding carboxylic acids is 2. The summed E-state index contributed by atoms with van der Waals surface area (Å²) in [6, 6.07) is 0. The summed E-state index contributed by atoms with van der Waals surface area (Å²) in [5, 5.41) is 10.4. The largest absolute Gasteiger partial charge is 0.385 e. The lowest BCUT2D eigenvalue weighted by molar-refractivity contribution is -0.173. The van der Waals surface area contributed by atoms with Crippen LogP contribution in [0.25, 0.3) is 0 Å². The summed E-state index contributed by atoms with van der Waals surface area (Å²) in [6.07, 6.45) is 4.94. The molecule has 3 rings (SSSR count). The Hall–Kier alpha value is -1.22. The second-order valence-electron chi connectivity index (χ2n) is 8.62. The average molecular weight is 316 g/mol. The van der Waals surface area contributed by atoms with E-state index in [4.69, 9.17) is 0 Å². The second kappa shape index (κ2) is 5.14. The summed E-state index contributed by atoms with van der Waals surface area (Å²) < 4.78 is 0. The fourth-order valence-corrected chi connectivity index (χ4v) is 6.08. The van der Waals surface area contributed by atoms with Crippen molar-refractivity contribution in [1.29, 1.82) is 0 Å². The zero-order valence-corrected chi connectivity index (χ0v) is 14.6. The van der Waals surface area contributed by atoms with Gasteiger partial charge in [-0.05, 0) is 54.1 Å². The van der Waals surface area contributed by atoms with E-state index >= 15 is 0 Å². The minimum Gasteiger partial charge on any atom is -0.385 e. The van der Waals surface area contributed by atoms with E-state index in [1.165, 1.54) is 0 Å². The van der Waals surface area contributed by atoms with Crippen molar-refractivity contribution in [2.24, 2.45) is 34.5 Å². The lowest BCUT2D eigenvalue weighted by Crippen LogP contribution is -2.61. The molecule has 0 aromatic rings. The molecule has 0 aromatic carbocycles. The van der Waals surface area contributed by atoms with Crippen LogP contribution in [-0.4, -0.2) is 22.8 Å². The summed E-state index contributed by atoms with van der Waals surface area (Å²) in [4.78, 5) is 25.4. The van der Waals surface area contributed by atoms with Crippen LogP contribution < -0.4 is 0 Å². The van der Waals surface area contributed by atoms with E-state index in [9.17, 15) is 14.7 Å². The zero-order chi connectivity index (χ0) is 17.2. The van der Waals surface area contributed by atoms with E-state index < -0.39 is 11.5 Å². The van der Waals surface area contributed by atoms with Crippen LogP contribution in [0.15, 0.2) is 24.3 Å². The highest BCUT2D eigenvalue weighted by Gasteiger charge is 2.62. The van der Waals surface area contributed by atoms with Crippen LogP contribution >= 0.6 is 0 Å². The van der Waals surface area contributed by atoms with Crippen molar-refractivity contribution in [3.05, 3.63) is 24.3 Å². The third-order valence-electron chi connectivity index (χ3n) is 7.18. The zero-order valence-electron chi connectivity index (χ0n) is 14.6. The molecule has 2 saturated carbocycles. The number of ketones is 2. The molecule has 3 aliphatic carbocycles. The van der Waals surface area contributed by atoms with Gasteiger partial charge in [-0.1, -0.05) is 40.3 Å². The Morgan fingerprint density at radius 2 is 1.91 bits per heavy atom. The quantitative estimate of drug-likeness (QED) is 0.807. The van der Waals surface area contributed by atoms with Crippen LogP contribution in [0.4, 0.5) is 0 Å². The number of aliphatic hydroxyl groups is 1. The molecule has 0 spiro atoms. The molecule has 3 aliphatic rings. The van der Waals surface area contributed by atoms with Gasteiger partial charge < -0.3 is 5.11 Å². The summed E-state index contributed by atoms with van der Waals surface area (Å²) in [5.41, 5.74) is 0.155. The maximum absolute atomic E-state index is 12.9. The fraction of sp³-hybridized carbons (Fsp3) is 0.700. The third kappa shape index (κ3) is 2.12. The first-order valence-corrected chi connectivity index (χ1v) is 8.75. The number of aliphatic hydroxyl groups excluding tert-OH is 1. The summed E-state index contributed by atoms with van der Waals surface area (Å²) in [5.74, 6) is 0.761. The number of Topliss-reactive ketones (excluding diaryl/α,β-unsaturated/α-hetero) is 1. The van der Waals surface area contributed by atoms with Crippen molar-refractivity contribution in [3.8, 4) is 0 Å². The Kier molecular flexibility index (Phi) is 3.72. The number of hydrogen-bond donors (Lipinski definition) is 1. The van der Waals surface area contributed by atoms with Crippen molar-refractivity contribution in [2.75, 3.05) is 0 Å². The van der Waals surface area contributed by atoms with Crippen LogP contribution in [0, 0.1) is 34.5 Å². The first kappa shape index (κ1) is 16.6. The Morgan fingerprint density at radius 1 is 1.26 bits per heavy atom. The van der Waals surface area contributed by atoms with Crippen molar-refractivity contribution in [3.63, 3.8) is 0 Å². The first-order valence-electron chi connectivity index (χ1n) is 8.75. The summed E-state index contributed by atoms with van der Waals surface area (Å²) in [7, 11) is 0. The Bertz CT molecular complexity index is 600. The van der Waals surface area contributed by atoms with Gasteiger partial charge in [0.05, 0.1) is 0 Å². The smallest absolute Gasteiger partial charge is 0.167 e. The van der Waals surface area contributed by atoms with Crippen LogP contribution in [0.1, 0.15) is 47.0 Å². The van der Waals surface area contributed by atoms with Gasteiger partial charge in [-0.2, -0.15) is 0 Å². The van der Waals surface area contributed by atoms with Gasteiger partial charge in [-0.25, -0.2) is 0 Å². The topological polar surface area (TPSA) is 54.4 Å². The van der Waals surface area contributed by atoms with Gasteiger partial charge in [0.1, 0.15) is 6.10 Å². The molecule has 3 nitrogen and oxygen atoms in total. The Labute approximate surface area is 138 Å². The monoisotopic (exact) mass is 316 g/mol. The van der Waals surface area contributed by atoms with Gasteiger partial charge in [0.2, 0.25) is 0 Å². The molecular formula is C20H28O3. The predicted molar refractivity (Wildman–Crippen MR) is 89.7 cm³/mol. The second-order valence-corrected chi connectivity index (χ2v) is 8.62. The molecule has 3 heteroatoms. The highest BCUT2D eigenvalue weighted by atomic mass is 16.3. The lowest BCUT2D eigenvalue weighted by atomic mass is 9.43. The van der Waals surface area contributed by atoms with Crippen molar-refractivity contribution in [1.82, 2.24) is 0 Å². The Morgan fingerprint density at radius 3 is 2.52 bits per heavy atom. The lowest BCUT2D eigenvalue weighted by Gasteiger charge is -2.60. The highest BCUT2D eigenvalue weighted by Crippen LogP contribution is 2.62. The fourth-order valence-electron chi connectivity index (χ4n) is 6.08. The van der Waals surface area contributed by atoms with Crippen LogP contribution in [0.3, 0.4) is 0 Å². The van der Waals surface area contributed by atoms with Gasteiger partial charge >= 0.3 is 0 Å². The minimum atomic E-state index is -0.946. The number of rotatable bonds is 1. The SMILES string of the molecule is C=CC1=CC(=O)C2[C@@H](CCC3C(C)(C)C(=O)[C@@H](O)C[C@]23C)C1C. The number of hydrogen-bond acceptors (Lipinski definition) is 3. The predicted octanol–water partition coefficient (Wildman–Crippen LogP) is 3.33. The molecule has 0 aliphatic heterocycles. The van der Waals surface area contributed by atoms with Crippen molar-refractivity contribution < 1.29 is 14.7 Å². The van der Waals surface area contributed by atoms with Gasteiger partial charge in [0.15, 0.2) is 11.6 Å². The van der Waals surface area contributed by atoms with E-state index in [0.29, 0.717) is 12.3 Å². The van der Waals surface area contributed by atoms with Gasteiger partial charge in [-0.15, -0.1) is 0 Å². The number of carbonyl (C=O) groups is 2. The molecule has 0 heterocycles. The van der Waals surface area contributed by atoms with E-state index in [0.717, 1.165) is 18.4 Å². The maximum Gasteiger partial charge on any atom is 0.167 e. The van der Waals surface area contributed by atoms with Gasteiger partial charge in [0.25, 0.3) is 0 Å². The maximum atomic E-state index is 12.9. The molecule has 0 saturated heterocycles. The minimum absolute atomic E-state index is 0.0583. The van der Waals surface area contributed by atoms with Gasteiger partial charge in [-0.3, -0.25) is 9.59 Å². The highest BCUT2D eigenvalue weighted by molar-refractivity contribution is 5.96. The third-order valence-corrected chi connectivity index (χ3v) is 7.18. The molecule has 6 atom stereocenters. The van der Waals surface area contributed by atoms with E-state index in [1.54, 1.807) is 12.2 Å². The molecule has 126 valence electrons. The molecule has 2 fully saturated rings. The van der Waals surface area contributed by atoms with Crippen LogP contribution in [-0.2, 0) is 9.59 Å². The van der Waals surface area contributed by atoms with Crippen molar-refractivity contribution in [2.45, 2.75) is 53.1 Å². The van der Waals surface area contributed by atoms with E-state index in [1.807, 2.05) is 13.8 Å². The molecule has 23 heavy (non-hydrogen) atoms. The summed E-state index contributed by atoms with van der Waals surface area (Å²) in [6.45, 7) is 12.0. The molecular weight excluding hydrogens is 288 g/mol. The van der Waals surface area contributed by atoms with Crippen molar-refractivity contribution >= 4 is 11.6 Å². The molecule has 3 unspecified atom stereocenters. The summed E-state index contributed by atoms with van der Waals surface area (Å²) >= 11 is 0. The van der Waals surface area contributed by atoms with Gasteiger partial charge in [0, 0.05) is 11.3 Å².